The van der Waals surface area contributed by atoms with E-state index in [9.17, 15) is 14.3 Å². The summed E-state index contributed by atoms with van der Waals surface area (Å²) < 4.78 is 12.9. The molecule has 1 N–H and O–H groups in total. The zero-order chi connectivity index (χ0) is 17.6. The molecule has 0 saturated carbocycles. The topological polar surface area (TPSA) is 43.8 Å². The summed E-state index contributed by atoms with van der Waals surface area (Å²) >= 11 is 0. The van der Waals surface area contributed by atoms with Crippen molar-refractivity contribution < 1.29 is 14.3 Å². The fraction of sp³-hybridized carbons (Fsp3) is 0.350. The van der Waals surface area contributed by atoms with Crippen LogP contribution in [0.25, 0.3) is 0 Å². The molecule has 132 valence electrons. The van der Waals surface area contributed by atoms with Crippen LogP contribution in [-0.2, 0) is 0 Å². The minimum Gasteiger partial charge on any atom is -0.385 e. The lowest BCUT2D eigenvalue weighted by Crippen LogP contribution is -2.47. The van der Waals surface area contributed by atoms with Crippen molar-refractivity contribution in [1.29, 1.82) is 0 Å². The summed E-state index contributed by atoms with van der Waals surface area (Å²) in [6.07, 6.45) is -0.653. The van der Waals surface area contributed by atoms with Gasteiger partial charge >= 0.3 is 0 Å². The molecule has 0 radical (unpaired) electrons. The number of benzene rings is 2. The fourth-order valence-electron chi connectivity index (χ4n) is 3.11. The molecule has 1 aliphatic heterocycles. The maximum Gasteiger partial charge on any atom is 0.191 e. The molecule has 2 aromatic carbocycles. The van der Waals surface area contributed by atoms with Crippen LogP contribution in [-0.4, -0.2) is 54.6 Å². The molecule has 2 aromatic rings. The van der Waals surface area contributed by atoms with Crippen LogP contribution in [0.1, 0.15) is 16.8 Å². The second kappa shape index (κ2) is 8.23. The number of hydrogen-bond acceptors (Lipinski definition) is 4. The van der Waals surface area contributed by atoms with Crippen molar-refractivity contribution in [2.45, 2.75) is 12.5 Å². The molecule has 1 heterocycles. The molecule has 0 aliphatic carbocycles. The van der Waals surface area contributed by atoms with E-state index in [2.05, 4.69) is 21.9 Å². The molecular formula is C20H23FN2O2. The number of anilines is 1. The van der Waals surface area contributed by atoms with E-state index in [-0.39, 0.29) is 11.6 Å². The summed E-state index contributed by atoms with van der Waals surface area (Å²) in [6, 6.07) is 15.6. The van der Waals surface area contributed by atoms with Crippen LogP contribution in [0.3, 0.4) is 0 Å². The van der Waals surface area contributed by atoms with Crippen LogP contribution in [0.4, 0.5) is 10.1 Å². The fourth-order valence-corrected chi connectivity index (χ4v) is 3.11. The van der Waals surface area contributed by atoms with Gasteiger partial charge in [0.15, 0.2) is 5.78 Å². The number of carbonyl (C=O) groups excluding carboxylic acids is 1. The summed E-state index contributed by atoms with van der Waals surface area (Å²) in [5.74, 6) is -0.731. The molecule has 5 heteroatoms. The number of para-hydroxylation sites is 1. The Hall–Kier alpha value is -2.24. The molecule has 0 amide bonds. The average molecular weight is 342 g/mol. The van der Waals surface area contributed by atoms with E-state index in [4.69, 9.17) is 0 Å². The highest BCUT2D eigenvalue weighted by molar-refractivity contribution is 5.99. The summed E-state index contributed by atoms with van der Waals surface area (Å²) in [6.45, 7) is 4.37. The molecule has 1 fully saturated rings. The van der Waals surface area contributed by atoms with Crippen LogP contribution >= 0.6 is 0 Å². The normalized spacial score (nSPS) is 16.6. The van der Waals surface area contributed by atoms with E-state index < -0.39 is 6.10 Å². The van der Waals surface area contributed by atoms with Crippen molar-refractivity contribution in [2.24, 2.45) is 0 Å². The first-order valence-corrected chi connectivity index (χ1v) is 8.64. The van der Waals surface area contributed by atoms with E-state index >= 15 is 0 Å². The van der Waals surface area contributed by atoms with Crippen LogP contribution in [0.15, 0.2) is 54.6 Å². The third-order valence-corrected chi connectivity index (χ3v) is 4.64. The quantitative estimate of drug-likeness (QED) is 0.820. The zero-order valence-corrected chi connectivity index (χ0v) is 14.1. The maximum absolute atomic E-state index is 12.9. The number of ketones is 1. The summed E-state index contributed by atoms with van der Waals surface area (Å²) in [5.41, 5.74) is 1.58. The molecule has 0 bridgehead atoms. The Morgan fingerprint density at radius 2 is 1.64 bits per heavy atom. The molecule has 1 saturated heterocycles. The van der Waals surface area contributed by atoms with Crippen molar-refractivity contribution >= 4 is 11.5 Å². The van der Waals surface area contributed by atoms with Crippen molar-refractivity contribution in [3.05, 3.63) is 66.0 Å². The third-order valence-electron chi connectivity index (χ3n) is 4.64. The molecular weight excluding hydrogens is 319 g/mol. The van der Waals surface area contributed by atoms with Gasteiger partial charge in [-0.3, -0.25) is 9.69 Å². The van der Waals surface area contributed by atoms with Crippen molar-refractivity contribution in [3.63, 3.8) is 0 Å². The second-order valence-electron chi connectivity index (χ2n) is 6.34. The Morgan fingerprint density at radius 3 is 2.28 bits per heavy atom. The first kappa shape index (κ1) is 17.6. The van der Waals surface area contributed by atoms with Gasteiger partial charge in [0.05, 0.1) is 0 Å². The molecule has 1 atom stereocenters. The van der Waals surface area contributed by atoms with Gasteiger partial charge in [-0.2, -0.15) is 0 Å². The standard InChI is InChI=1S/C20H23FN2O2/c21-17-8-6-16(7-9-17)20(25)19(24)10-11-22-12-14-23(15-13-22)18-4-2-1-3-5-18/h1-9,19,24H,10-15H2. The lowest BCUT2D eigenvalue weighted by Gasteiger charge is -2.36. The molecule has 25 heavy (non-hydrogen) atoms. The van der Waals surface area contributed by atoms with Gasteiger partial charge in [-0.1, -0.05) is 18.2 Å². The van der Waals surface area contributed by atoms with Gasteiger partial charge in [-0.05, 0) is 42.8 Å². The first-order chi connectivity index (χ1) is 12.1. The van der Waals surface area contributed by atoms with E-state index in [0.29, 0.717) is 18.5 Å². The van der Waals surface area contributed by atoms with Crippen molar-refractivity contribution in [3.8, 4) is 0 Å². The van der Waals surface area contributed by atoms with Crippen molar-refractivity contribution in [2.75, 3.05) is 37.6 Å². The van der Waals surface area contributed by atoms with Gasteiger partial charge in [0.1, 0.15) is 11.9 Å². The Balaban J connectivity index is 1.45. The van der Waals surface area contributed by atoms with Crippen LogP contribution < -0.4 is 4.90 Å². The smallest absolute Gasteiger partial charge is 0.191 e. The summed E-state index contributed by atoms with van der Waals surface area (Å²) in [7, 11) is 0. The maximum atomic E-state index is 12.9. The van der Waals surface area contributed by atoms with Gasteiger partial charge < -0.3 is 10.0 Å². The highest BCUT2D eigenvalue weighted by Crippen LogP contribution is 2.16. The summed E-state index contributed by atoms with van der Waals surface area (Å²) in [4.78, 5) is 16.8. The van der Waals surface area contributed by atoms with Gasteiger partial charge in [-0.25, -0.2) is 4.39 Å². The molecule has 0 aromatic heterocycles. The van der Waals surface area contributed by atoms with E-state index in [0.717, 1.165) is 26.2 Å². The number of piperazine rings is 1. The van der Waals surface area contributed by atoms with Crippen molar-refractivity contribution in [1.82, 2.24) is 4.90 Å². The van der Waals surface area contributed by atoms with E-state index in [1.165, 1.54) is 30.0 Å². The number of carbonyl (C=O) groups is 1. The minimum absolute atomic E-state index is 0.345. The average Bonchev–Trinajstić information content (AvgIpc) is 2.67. The second-order valence-corrected chi connectivity index (χ2v) is 6.34. The zero-order valence-electron chi connectivity index (χ0n) is 14.1. The SMILES string of the molecule is O=C(c1ccc(F)cc1)C(O)CCN1CCN(c2ccccc2)CC1. The van der Waals surface area contributed by atoms with Gasteiger partial charge in [0, 0.05) is 44.0 Å². The van der Waals surface area contributed by atoms with Crippen LogP contribution in [0.2, 0.25) is 0 Å². The number of nitrogens with zero attached hydrogens (tertiary/aromatic N) is 2. The van der Waals surface area contributed by atoms with E-state index in [1.54, 1.807) is 0 Å². The number of aliphatic hydroxyl groups excluding tert-OH is 1. The highest BCUT2D eigenvalue weighted by atomic mass is 19.1. The number of aliphatic hydroxyl groups is 1. The number of Topliss-reactive ketones (excluding diaryl/α,β-unsaturated/α-hetero) is 1. The van der Waals surface area contributed by atoms with Gasteiger partial charge in [0.2, 0.25) is 0 Å². The number of halogens is 1. The first-order valence-electron chi connectivity index (χ1n) is 8.64. The Bertz CT molecular complexity index is 683. The molecule has 1 aliphatic rings. The number of hydrogen-bond donors (Lipinski definition) is 1. The largest absolute Gasteiger partial charge is 0.385 e. The Kier molecular flexibility index (Phi) is 5.79. The monoisotopic (exact) mass is 342 g/mol. The van der Waals surface area contributed by atoms with E-state index in [1.807, 2.05) is 18.2 Å². The molecule has 1 unspecified atom stereocenters. The van der Waals surface area contributed by atoms with Gasteiger partial charge in [-0.15, -0.1) is 0 Å². The Morgan fingerprint density at radius 1 is 1.00 bits per heavy atom. The lowest BCUT2D eigenvalue weighted by molar-refractivity contribution is 0.0700. The molecule has 0 spiro atoms. The predicted molar refractivity (Wildman–Crippen MR) is 96.4 cm³/mol. The third kappa shape index (κ3) is 4.65. The van der Waals surface area contributed by atoms with Crippen LogP contribution in [0.5, 0.6) is 0 Å². The predicted octanol–water partition coefficient (Wildman–Crippen LogP) is 2.58. The lowest BCUT2D eigenvalue weighted by atomic mass is 10.0. The summed E-state index contributed by atoms with van der Waals surface area (Å²) in [5, 5.41) is 10.1. The highest BCUT2D eigenvalue weighted by Gasteiger charge is 2.21. The van der Waals surface area contributed by atoms with Crippen LogP contribution in [0, 0.1) is 5.82 Å². The molecule has 4 nitrogen and oxygen atoms in total. The van der Waals surface area contributed by atoms with Gasteiger partial charge in [0.25, 0.3) is 0 Å². The Labute approximate surface area is 147 Å². The number of rotatable bonds is 6. The molecule has 3 rings (SSSR count). The minimum atomic E-state index is -1.04.